The van der Waals surface area contributed by atoms with Gasteiger partial charge in [0, 0.05) is 18.5 Å². The molecule has 2 fully saturated rings. The van der Waals surface area contributed by atoms with E-state index in [0.717, 1.165) is 25.8 Å². The molecule has 2 atom stereocenters. The predicted molar refractivity (Wildman–Crippen MR) is 81.9 cm³/mol. The Morgan fingerprint density at radius 3 is 2.10 bits per heavy atom. The van der Waals surface area contributed by atoms with Gasteiger partial charge in [0.1, 0.15) is 0 Å². The minimum Gasteiger partial charge on any atom is -0.481 e. The van der Waals surface area contributed by atoms with Crippen LogP contribution in [0.25, 0.3) is 0 Å². The quantitative estimate of drug-likeness (QED) is 0.865. The fourth-order valence-electron chi connectivity index (χ4n) is 4.14. The van der Waals surface area contributed by atoms with Crippen molar-refractivity contribution in [1.82, 2.24) is 4.90 Å². The van der Waals surface area contributed by atoms with Crippen LogP contribution in [-0.4, -0.2) is 34.5 Å². The van der Waals surface area contributed by atoms with Gasteiger partial charge in [-0.3, -0.25) is 9.59 Å². The van der Waals surface area contributed by atoms with Gasteiger partial charge in [0.05, 0.1) is 5.92 Å². The minimum atomic E-state index is -0.700. The van der Waals surface area contributed by atoms with Crippen LogP contribution in [0.15, 0.2) is 0 Å². The molecule has 4 heteroatoms. The van der Waals surface area contributed by atoms with E-state index in [-0.39, 0.29) is 17.7 Å². The molecule has 2 aliphatic carbocycles. The molecule has 2 unspecified atom stereocenters. The molecule has 0 aromatic carbocycles. The van der Waals surface area contributed by atoms with Crippen molar-refractivity contribution < 1.29 is 14.7 Å². The number of carboxylic acid groups (broad SMARTS) is 1. The summed E-state index contributed by atoms with van der Waals surface area (Å²) in [6.45, 7) is 5.12. The molecule has 0 spiro atoms. The lowest BCUT2D eigenvalue weighted by Crippen LogP contribution is -2.48. The third kappa shape index (κ3) is 3.78. The first-order valence-electron chi connectivity index (χ1n) is 8.57. The number of carbonyl (C=O) groups excluding carboxylic acids is 1. The molecular formula is C17H29NO3. The van der Waals surface area contributed by atoms with E-state index in [4.69, 9.17) is 5.11 Å². The van der Waals surface area contributed by atoms with E-state index in [1.54, 1.807) is 0 Å². The van der Waals surface area contributed by atoms with Crippen LogP contribution in [0, 0.1) is 17.8 Å². The molecule has 0 saturated heterocycles. The van der Waals surface area contributed by atoms with Crippen molar-refractivity contribution in [3.63, 3.8) is 0 Å². The van der Waals surface area contributed by atoms with Crippen molar-refractivity contribution in [3.05, 3.63) is 0 Å². The molecule has 2 aliphatic rings. The maximum atomic E-state index is 12.8. The summed E-state index contributed by atoms with van der Waals surface area (Å²) in [6, 6.07) is 0.397. The zero-order valence-corrected chi connectivity index (χ0v) is 13.4. The Morgan fingerprint density at radius 1 is 1.00 bits per heavy atom. The Bertz CT molecular complexity index is 374. The number of carboxylic acids is 1. The van der Waals surface area contributed by atoms with E-state index in [1.807, 2.05) is 0 Å². The highest BCUT2D eigenvalue weighted by molar-refractivity contribution is 5.80. The standard InChI is InChI=1S/C17H29NO3/c1-3-18(15-7-5-4-6-12(15)2)16(19)13-8-10-14(11-9-13)17(20)21/h12-15H,3-11H2,1-2H3,(H,20,21). The molecule has 0 heterocycles. The topological polar surface area (TPSA) is 57.6 Å². The maximum absolute atomic E-state index is 12.8. The third-order valence-electron chi connectivity index (χ3n) is 5.52. The molecule has 1 N–H and O–H groups in total. The molecule has 1 amide bonds. The molecule has 0 aliphatic heterocycles. The van der Waals surface area contributed by atoms with E-state index < -0.39 is 5.97 Å². The van der Waals surface area contributed by atoms with Crippen LogP contribution in [-0.2, 0) is 9.59 Å². The second-order valence-electron chi connectivity index (χ2n) is 6.84. The van der Waals surface area contributed by atoms with Crippen molar-refractivity contribution in [1.29, 1.82) is 0 Å². The van der Waals surface area contributed by atoms with Gasteiger partial charge in [0.25, 0.3) is 0 Å². The summed E-state index contributed by atoms with van der Waals surface area (Å²) in [7, 11) is 0. The number of aliphatic carboxylic acids is 1. The molecule has 0 radical (unpaired) electrons. The normalized spacial score (nSPS) is 33.4. The molecule has 120 valence electrons. The lowest BCUT2D eigenvalue weighted by Gasteiger charge is -2.40. The van der Waals surface area contributed by atoms with Crippen LogP contribution < -0.4 is 0 Å². The van der Waals surface area contributed by atoms with E-state index in [1.165, 1.54) is 19.3 Å². The second-order valence-corrected chi connectivity index (χ2v) is 6.84. The van der Waals surface area contributed by atoms with Gasteiger partial charge in [-0.25, -0.2) is 0 Å². The SMILES string of the molecule is CCN(C(=O)C1CCC(C(=O)O)CC1)C1CCCCC1C. The minimum absolute atomic E-state index is 0.0506. The Hall–Kier alpha value is -1.06. The van der Waals surface area contributed by atoms with Crippen LogP contribution in [0.5, 0.6) is 0 Å². The van der Waals surface area contributed by atoms with Gasteiger partial charge in [-0.1, -0.05) is 19.8 Å². The summed E-state index contributed by atoms with van der Waals surface area (Å²) >= 11 is 0. The van der Waals surface area contributed by atoms with E-state index in [2.05, 4.69) is 18.7 Å². The van der Waals surface area contributed by atoms with Crippen molar-refractivity contribution in [2.45, 2.75) is 71.3 Å². The smallest absolute Gasteiger partial charge is 0.306 e. The Kier molecular flexibility index (Phi) is 5.65. The average Bonchev–Trinajstić information content (AvgIpc) is 2.50. The number of hydrogen-bond acceptors (Lipinski definition) is 2. The summed E-state index contributed by atoms with van der Waals surface area (Å²) in [6.07, 6.45) is 7.66. The molecule has 2 rings (SSSR count). The van der Waals surface area contributed by atoms with Crippen LogP contribution in [0.4, 0.5) is 0 Å². The first kappa shape index (κ1) is 16.3. The molecule has 2 saturated carbocycles. The summed E-state index contributed by atoms with van der Waals surface area (Å²) in [5.41, 5.74) is 0. The zero-order valence-electron chi connectivity index (χ0n) is 13.4. The lowest BCUT2D eigenvalue weighted by molar-refractivity contribution is -0.147. The fourth-order valence-corrected chi connectivity index (χ4v) is 4.14. The van der Waals surface area contributed by atoms with Crippen LogP contribution in [0.3, 0.4) is 0 Å². The van der Waals surface area contributed by atoms with Gasteiger partial charge in [0.15, 0.2) is 0 Å². The van der Waals surface area contributed by atoms with E-state index in [9.17, 15) is 9.59 Å². The van der Waals surface area contributed by atoms with Gasteiger partial charge in [-0.05, 0) is 51.4 Å². The third-order valence-corrected chi connectivity index (χ3v) is 5.52. The van der Waals surface area contributed by atoms with Gasteiger partial charge >= 0.3 is 5.97 Å². The molecule has 0 aromatic rings. The average molecular weight is 295 g/mol. The number of nitrogens with zero attached hydrogens (tertiary/aromatic N) is 1. The number of carbonyl (C=O) groups is 2. The van der Waals surface area contributed by atoms with Gasteiger partial charge < -0.3 is 10.0 Å². The maximum Gasteiger partial charge on any atom is 0.306 e. The number of hydrogen-bond donors (Lipinski definition) is 1. The summed E-state index contributed by atoms with van der Waals surface area (Å²) in [4.78, 5) is 25.9. The Morgan fingerprint density at radius 2 is 1.57 bits per heavy atom. The predicted octanol–water partition coefficient (Wildman–Crippen LogP) is 3.30. The highest BCUT2D eigenvalue weighted by Crippen LogP contribution is 2.33. The molecule has 0 bridgehead atoms. The Balaban J connectivity index is 1.95. The van der Waals surface area contributed by atoms with Gasteiger partial charge in [0.2, 0.25) is 5.91 Å². The van der Waals surface area contributed by atoms with Crippen molar-refractivity contribution in [3.8, 4) is 0 Å². The Labute approximate surface area is 127 Å². The second kappa shape index (κ2) is 7.28. The van der Waals surface area contributed by atoms with Gasteiger partial charge in [-0.2, -0.15) is 0 Å². The first-order valence-corrected chi connectivity index (χ1v) is 8.57. The first-order chi connectivity index (χ1) is 10.0. The molecular weight excluding hydrogens is 266 g/mol. The monoisotopic (exact) mass is 295 g/mol. The summed E-state index contributed by atoms with van der Waals surface area (Å²) < 4.78 is 0. The lowest BCUT2D eigenvalue weighted by atomic mass is 9.80. The molecule has 0 aromatic heterocycles. The summed E-state index contributed by atoms with van der Waals surface area (Å²) in [5, 5.41) is 9.06. The van der Waals surface area contributed by atoms with Crippen molar-refractivity contribution in [2.75, 3.05) is 6.54 Å². The molecule has 4 nitrogen and oxygen atoms in total. The fraction of sp³-hybridized carbons (Fsp3) is 0.882. The van der Waals surface area contributed by atoms with Crippen molar-refractivity contribution >= 4 is 11.9 Å². The van der Waals surface area contributed by atoms with E-state index >= 15 is 0 Å². The highest BCUT2D eigenvalue weighted by atomic mass is 16.4. The van der Waals surface area contributed by atoms with Gasteiger partial charge in [-0.15, -0.1) is 0 Å². The zero-order chi connectivity index (χ0) is 15.4. The number of amides is 1. The largest absolute Gasteiger partial charge is 0.481 e. The van der Waals surface area contributed by atoms with Crippen LogP contribution in [0.2, 0.25) is 0 Å². The number of rotatable bonds is 4. The molecule has 21 heavy (non-hydrogen) atoms. The van der Waals surface area contributed by atoms with E-state index in [0.29, 0.717) is 24.8 Å². The van der Waals surface area contributed by atoms with Crippen molar-refractivity contribution in [2.24, 2.45) is 17.8 Å². The van der Waals surface area contributed by atoms with Crippen LogP contribution in [0.1, 0.15) is 65.2 Å². The van der Waals surface area contributed by atoms with Crippen LogP contribution >= 0.6 is 0 Å². The highest BCUT2D eigenvalue weighted by Gasteiger charge is 2.35. The summed E-state index contributed by atoms with van der Waals surface area (Å²) in [5.74, 6) is -0.0142.